The molecule has 0 spiro atoms. The van der Waals surface area contributed by atoms with Crippen LogP contribution in [-0.2, 0) is 0 Å². The molecule has 0 bridgehead atoms. The first-order chi connectivity index (χ1) is 15.4. The number of hydrogen-bond acceptors (Lipinski definition) is 3. The maximum Gasteiger partial charge on any atom is 0.237 e. The third kappa shape index (κ3) is 4.43. The van der Waals surface area contributed by atoms with Crippen LogP contribution in [-0.4, -0.2) is 4.98 Å². The van der Waals surface area contributed by atoms with Gasteiger partial charge in [-0.05, 0) is 48.9 Å². The zero-order chi connectivity index (χ0) is 22.8. The third-order valence-corrected chi connectivity index (χ3v) is 5.31. The number of hydrogen-bond donors (Lipinski definition) is 0. The topological polar surface area (TPSA) is 45.9 Å². The fourth-order valence-corrected chi connectivity index (χ4v) is 3.64. The Labute approximate surface area is 193 Å². The molecular weight excluding hydrogens is 453 g/mol. The SMILES string of the molecule is Cc1ccc(-c2cc(C#N)c(Oc3ccc(F)c(F)c3)nc2-c2ccc(Cl)cc2Cl)cc1. The molecule has 0 aliphatic rings. The molecule has 0 radical (unpaired) electrons. The molecule has 4 aromatic rings. The van der Waals surface area contributed by atoms with Crippen molar-refractivity contribution in [2.24, 2.45) is 0 Å². The third-order valence-electron chi connectivity index (χ3n) is 4.76. The second-order valence-corrected chi connectivity index (χ2v) is 7.86. The number of benzene rings is 3. The van der Waals surface area contributed by atoms with E-state index in [9.17, 15) is 14.0 Å². The predicted molar refractivity (Wildman–Crippen MR) is 121 cm³/mol. The molecule has 0 unspecified atom stereocenters. The van der Waals surface area contributed by atoms with Crippen LogP contribution in [0.3, 0.4) is 0 Å². The lowest BCUT2D eigenvalue weighted by Gasteiger charge is -2.15. The van der Waals surface area contributed by atoms with E-state index in [1.807, 2.05) is 31.2 Å². The first-order valence-corrected chi connectivity index (χ1v) is 10.2. The van der Waals surface area contributed by atoms with Crippen molar-refractivity contribution in [3.8, 4) is 40.1 Å². The van der Waals surface area contributed by atoms with E-state index in [-0.39, 0.29) is 17.2 Å². The van der Waals surface area contributed by atoms with Gasteiger partial charge in [0, 0.05) is 22.2 Å². The van der Waals surface area contributed by atoms with Crippen molar-refractivity contribution in [3.05, 3.63) is 99.5 Å². The number of aromatic nitrogens is 1. The van der Waals surface area contributed by atoms with Crippen LogP contribution < -0.4 is 4.74 Å². The van der Waals surface area contributed by atoms with Gasteiger partial charge in [0.1, 0.15) is 17.4 Å². The van der Waals surface area contributed by atoms with Crippen LogP contribution in [0.2, 0.25) is 10.0 Å². The van der Waals surface area contributed by atoms with Gasteiger partial charge in [-0.1, -0.05) is 53.0 Å². The number of halogens is 4. The smallest absolute Gasteiger partial charge is 0.237 e. The molecule has 1 heterocycles. The van der Waals surface area contributed by atoms with E-state index in [0.717, 1.165) is 23.3 Å². The first kappa shape index (κ1) is 21.8. The lowest BCUT2D eigenvalue weighted by atomic mass is 9.97. The summed E-state index contributed by atoms with van der Waals surface area (Å²) in [7, 11) is 0. The maximum absolute atomic E-state index is 13.6. The minimum absolute atomic E-state index is 0.00383. The zero-order valence-corrected chi connectivity index (χ0v) is 18.2. The van der Waals surface area contributed by atoms with Crippen molar-refractivity contribution in [2.75, 3.05) is 0 Å². The summed E-state index contributed by atoms with van der Waals surface area (Å²) in [5.74, 6) is -2.13. The van der Waals surface area contributed by atoms with Gasteiger partial charge < -0.3 is 4.74 Å². The summed E-state index contributed by atoms with van der Waals surface area (Å²) in [5, 5.41) is 10.5. The summed E-state index contributed by atoms with van der Waals surface area (Å²) in [4.78, 5) is 4.56. The highest BCUT2D eigenvalue weighted by atomic mass is 35.5. The van der Waals surface area contributed by atoms with Crippen molar-refractivity contribution < 1.29 is 13.5 Å². The number of nitriles is 1. The summed E-state index contributed by atoms with van der Waals surface area (Å²) < 4.78 is 32.6. The van der Waals surface area contributed by atoms with Gasteiger partial charge in [-0.3, -0.25) is 0 Å². The first-order valence-electron chi connectivity index (χ1n) is 9.46. The molecule has 0 saturated heterocycles. The average Bonchev–Trinajstić information content (AvgIpc) is 2.77. The standard InChI is InChI=1S/C25H14Cl2F2N2O/c1-14-2-4-15(5-3-14)20-10-16(13-30)25(32-18-7-9-22(28)23(29)12-18)31-24(20)19-8-6-17(26)11-21(19)27/h2-12H,1H3. The molecule has 0 N–H and O–H groups in total. The highest BCUT2D eigenvalue weighted by molar-refractivity contribution is 6.36. The number of rotatable bonds is 4. The maximum atomic E-state index is 13.6. The minimum Gasteiger partial charge on any atom is -0.438 e. The predicted octanol–water partition coefficient (Wildman–Crippen LogP) is 7.97. The largest absolute Gasteiger partial charge is 0.438 e. The molecule has 0 aliphatic carbocycles. The lowest BCUT2D eigenvalue weighted by molar-refractivity contribution is 0.447. The molecule has 0 atom stereocenters. The molecule has 0 saturated carbocycles. The Morgan fingerprint density at radius 1 is 0.875 bits per heavy atom. The van der Waals surface area contributed by atoms with Gasteiger partial charge in [0.25, 0.3) is 0 Å². The van der Waals surface area contributed by atoms with Gasteiger partial charge in [-0.2, -0.15) is 5.26 Å². The van der Waals surface area contributed by atoms with Crippen LogP contribution >= 0.6 is 23.2 Å². The summed E-state index contributed by atoms with van der Waals surface area (Å²) in [6.45, 7) is 1.97. The molecule has 0 amide bonds. The Bertz CT molecular complexity index is 1370. The fraction of sp³-hybridized carbons (Fsp3) is 0.0400. The second kappa shape index (κ2) is 8.96. The van der Waals surface area contributed by atoms with E-state index in [2.05, 4.69) is 11.1 Å². The van der Waals surface area contributed by atoms with E-state index in [4.69, 9.17) is 27.9 Å². The fourth-order valence-electron chi connectivity index (χ4n) is 3.15. The van der Waals surface area contributed by atoms with Gasteiger partial charge in [0.05, 0.1) is 10.7 Å². The van der Waals surface area contributed by atoms with E-state index in [0.29, 0.717) is 26.9 Å². The van der Waals surface area contributed by atoms with E-state index >= 15 is 0 Å². The molecule has 4 rings (SSSR count). The Morgan fingerprint density at radius 3 is 2.28 bits per heavy atom. The monoisotopic (exact) mass is 466 g/mol. The molecule has 3 nitrogen and oxygen atoms in total. The van der Waals surface area contributed by atoms with Crippen molar-refractivity contribution in [3.63, 3.8) is 0 Å². The summed E-state index contributed by atoms with van der Waals surface area (Å²) in [5.41, 5.74) is 3.70. The quantitative estimate of drug-likeness (QED) is 0.306. The van der Waals surface area contributed by atoms with Crippen LogP contribution in [0.15, 0.2) is 66.7 Å². The normalized spacial score (nSPS) is 10.6. The molecular formula is C25H14Cl2F2N2O. The number of ether oxygens (including phenoxy) is 1. The molecule has 32 heavy (non-hydrogen) atoms. The van der Waals surface area contributed by atoms with Crippen LogP contribution in [0, 0.1) is 29.9 Å². The number of aryl methyl sites for hydroxylation is 1. The Morgan fingerprint density at radius 2 is 1.62 bits per heavy atom. The Kier molecular flexibility index (Phi) is 6.09. The van der Waals surface area contributed by atoms with Crippen molar-refractivity contribution >= 4 is 23.2 Å². The van der Waals surface area contributed by atoms with Crippen LogP contribution in [0.4, 0.5) is 8.78 Å². The van der Waals surface area contributed by atoms with Crippen LogP contribution in [0.1, 0.15) is 11.1 Å². The van der Waals surface area contributed by atoms with Crippen LogP contribution in [0.25, 0.3) is 22.4 Å². The van der Waals surface area contributed by atoms with E-state index in [1.54, 1.807) is 24.3 Å². The lowest BCUT2D eigenvalue weighted by Crippen LogP contribution is -1.99. The zero-order valence-electron chi connectivity index (χ0n) is 16.7. The van der Waals surface area contributed by atoms with Crippen molar-refractivity contribution in [1.29, 1.82) is 5.26 Å². The van der Waals surface area contributed by atoms with Gasteiger partial charge in [-0.15, -0.1) is 0 Å². The second-order valence-electron chi connectivity index (χ2n) is 7.02. The van der Waals surface area contributed by atoms with Crippen molar-refractivity contribution in [1.82, 2.24) is 4.98 Å². The van der Waals surface area contributed by atoms with Crippen molar-refractivity contribution in [2.45, 2.75) is 6.92 Å². The van der Waals surface area contributed by atoms with Gasteiger partial charge in [0.2, 0.25) is 5.88 Å². The number of pyridine rings is 1. The molecule has 3 aromatic carbocycles. The van der Waals surface area contributed by atoms with Crippen LogP contribution in [0.5, 0.6) is 11.6 Å². The Hall–Kier alpha value is -3.46. The van der Waals surface area contributed by atoms with Gasteiger partial charge in [0.15, 0.2) is 11.6 Å². The Balaban J connectivity index is 1.93. The summed E-state index contributed by atoms with van der Waals surface area (Å²) >= 11 is 12.5. The molecule has 0 aliphatic heterocycles. The molecule has 158 valence electrons. The summed E-state index contributed by atoms with van der Waals surface area (Å²) in [6, 6.07) is 19.5. The highest BCUT2D eigenvalue weighted by Gasteiger charge is 2.19. The average molecular weight is 467 g/mol. The van der Waals surface area contributed by atoms with E-state index < -0.39 is 11.6 Å². The van der Waals surface area contributed by atoms with E-state index in [1.165, 1.54) is 6.07 Å². The molecule has 0 fully saturated rings. The summed E-state index contributed by atoms with van der Waals surface area (Å²) in [6.07, 6.45) is 0. The number of nitrogens with zero attached hydrogens (tertiary/aromatic N) is 2. The molecule has 1 aromatic heterocycles. The van der Waals surface area contributed by atoms with Gasteiger partial charge >= 0.3 is 0 Å². The highest BCUT2D eigenvalue weighted by Crippen LogP contribution is 2.39. The van der Waals surface area contributed by atoms with Gasteiger partial charge in [-0.25, -0.2) is 13.8 Å². The minimum atomic E-state index is -1.07. The molecule has 7 heteroatoms.